The predicted octanol–water partition coefficient (Wildman–Crippen LogP) is 5.36. The fourth-order valence-electron chi connectivity index (χ4n) is 2.86. The third kappa shape index (κ3) is 4.20. The summed E-state index contributed by atoms with van der Waals surface area (Å²) in [5.41, 5.74) is 3.79. The van der Waals surface area contributed by atoms with Gasteiger partial charge in [-0.25, -0.2) is 4.98 Å². The lowest BCUT2D eigenvalue weighted by atomic mass is 10.1. The Kier molecular flexibility index (Phi) is 5.39. The first-order valence-corrected chi connectivity index (χ1v) is 9.81. The van der Waals surface area contributed by atoms with Gasteiger partial charge in [0.15, 0.2) is 11.5 Å². The van der Waals surface area contributed by atoms with Crippen molar-refractivity contribution in [3.05, 3.63) is 64.3 Å². The summed E-state index contributed by atoms with van der Waals surface area (Å²) < 4.78 is 16.0. The molecule has 4 rings (SSSR count). The van der Waals surface area contributed by atoms with Gasteiger partial charge < -0.3 is 14.0 Å². The highest BCUT2D eigenvalue weighted by atomic mass is 32.1. The highest BCUT2D eigenvalue weighted by molar-refractivity contribution is 7.09. The van der Waals surface area contributed by atoms with Gasteiger partial charge in [-0.15, -0.1) is 11.3 Å². The Morgan fingerprint density at radius 2 is 1.76 bits per heavy atom. The van der Waals surface area contributed by atoms with E-state index in [-0.39, 0.29) is 0 Å². The third-order valence-electron chi connectivity index (χ3n) is 4.30. The molecule has 0 saturated heterocycles. The van der Waals surface area contributed by atoms with Gasteiger partial charge in [-0.3, -0.25) is 0 Å². The first-order valence-electron chi connectivity index (χ1n) is 8.93. The Morgan fingerprint density at radius 1 is 0.931 bits per heavy atom. The van der Waals surface area contributed by atoms with Crippen LogP contribution in [0.4, 0.5) is 0 Å². The van der Waals surface area contributed by atoms with Gasteiger partial charge in [0.2, 0.25) is 5.82 Å². The summed E-state index contributed by atoms with van der Waals surface area (Å²) in [4.78, 5) is 9.01. The molecule has 0 fully saturated rings. The van der Waals surface area contributed by atoms with Crippen molar-refractivity contribution in [1.29, 1.82) is 0 Å². The minimum absolute atomic E-state index is 0.421. The summed E-state index contributed by atoms with van der Waals surface area (Å²) in [7, 11) is 3.22. The van der Waals surface area contributed by atoms with Crippen LogP contribution in [0.3, 0.4) is 0 Å². The molecular weight excluding hydrogens is 386 g/mol. The van der Waals surface area contributed by atoms with E-state index in [2.05, 4.69) is 15.1 Å². The van der Waals surface area contributed by atoms with E-state index in [0.717, 1.165) is 27.4 Å². The molecule has 0 N–H and O–H groups in total. The number of hydrogen-bond acceptors (Lipinski definition) is 7. The second kappa shape index (κ2) is 8.28. The second-order valence-corrected chi connectivity index (χ2v) is 7.30. The van der Waals surface area contributed by atoms with E-state index in [1.165, 1.54) is 0 Å². The van der Waals surface area contributed by atoms with Gasteiger partial charge in [-0.2, -0.15) is 4.98 Å². The van der Waals surface area contributed by atoms with E-state index in [0.29, 0.717) is 23.2 Å². The van der Waals surface area contributed by atoms with E-state index in [1.54, 1.807) is 31.6 Å². The lowest BCUT2D eigenvalue weighted by Gasteiger charge is -2.07. The van der Waals surface area contributed by atoms with E-state index in [9.17, 15) is 0 Å². The van der Waals surface area contributed by atoms with Crippen LogP contribution in [0.15, 0.2) is 52.4 Å². The minimum atomic E-state index is 0.421. The number of aromatic nitrogens is 3. The molecule has 4 aromatic rings. The minimum Gasteiger partial charge on any atom is -0.493 e. The molecule has 2 aromatic carbocycles. The Labute approximate surface area is 172 Å². The number of methoxy groups -OCH3 is 2. The molecule has 0 saturated carbocycles. The smallest absolute Gasteiger partial charge is 0.250 e. The van der Waals surface area contributed by atoms with Gasteiger partial charge in [0.05, 0.1) is 24.9 Å². The van der Waals surface area contributed by atoms with Gasteiger partial charge in [0, 0.05) is 22.6 Å². The maximum atomic E-state index is 5.37. The van der Waals surface area contributed by atoms with Crippen molar-refractivity contribution >= 4 is 23.5 Å². The summed E-state index contributed by atoms with van der Waals surface area (Å²) in [5, 5.41) is 7.18. The zero-order valence-electron chi connectivity index (χ0n) is 16.2. The highest BCUT2D eigenvalue weighted by Crippen LogP contribution is 2.29. The lowest BCUT2D eigenvalue weighted by Crippen LogP contribution is -1.90. The average Bonchev–Trinajstić information content (AvgIpc) is 3.41. The fraction of sp³-hybridized carbons (Fsp3) is 0.136. The molecule has 0 unspecified atom stereocenters. The summed E-state index contributed by atoms with van der Waals surface area (Å²) in [5.74, 6) is 2.30. The number of nitrogens with zero attached hydrogens (tertiary/aromatic N) is 3. The summed E-state index contributed by atoms with van der Waals surface area (Å²) in [6, 6.07) is 13.6. The molecule has 0 radical (unpaired) electrons. The van der Waals surface area contributed by atoms with E-state index in [4.69, 9.17) is 14.0 Å². The normalized spacial score (nSPS) is 11.1. The Balaban J connectivity index is 1.55. The van der Waals surface area contributed by atoms with Crippen LogP contribution in [0.5, 0.6) is 11.5 Å². The maximum Gasteiger partial charge on any atom is 0.250 e. The number of aryl methyl sites for hydroxylation is 1. The van der Waals surface area contributed by atoms with E-state index in [1.807, 2.05) is 60.8 Å². The van der Waals surface area contributed by atoms with Crippen LogP contribution in [0.1, 0.15) is 16.5 Å². The zero-order chi connectivity index (χ0) is 20.2. The van der Waals surface area contributed by atoms with Crippen LogP contribution in [0.25, 0.3) is 34.8 Å². The number of ether oxygens (including phenoxy) is 2. The first kappa shape index (κ1) is 18.9. The van der Waals surface area contributed by atoms with Crippen LogP contribution in [-0.2, 0) is 0 Å². The summed E-state index contributed by atoms with van der Waals surface area (Å²) in [6.07, 6.45) is 3.65. The quantitative estimate of drug-likeness (QED) is 0.430. The first-order chi connectivity index (χ1) is 14.2. The van der Waals surface area contributed by atoms with Gasteiger partial charge in [0.25, 0.3) is 5.89 Å². The molecule has 0 bridgehead atoms. The van der Waals surface area contributed by atoms with Crippen molar-refractivity contribution in [3.8, 4) is 34.1 Å². The Hall–Kier alpha value is -3.45. The molecule has 0 spiro atoms. The fourth-order valence-corrected chi connectivity index (χ4v) is 3.48. The lowest BCUT2D eigenvalue weighted by molar-refractivity contribution is 0.355. The number of thiazole rings is 1. The molecule has 6 nitrogen and oxygen atoms in total. The molecule has 0 aliphatic heterocycles. The maximum absolute atomic E-state index is 5.37. The van der Waals surface area contributed by atoms with Gasteiger partial charge >= 0.3 is 0 Å². The molecule has 2 aromatic heterocycles. The third-order valence-corrected chi connectivity index (χ3v) is 5.08. The van der Waals surface area contributed by atoms with Crippen LogP contribution >= 0.6 is 11.3 Å². The molecule has 146 valence electrons. The SMILES string of the molecule is COc1ccc(/C=C/c2nc(-c3cccc(-c4csc(C)n4)c3)no2)cc1OC. The van der Waals surface area contributed by atoms with Crippen molar-refractivity contribution in [3.63, 3.8) is 0 Å². The van der Waals surface area contributed by atoms with Crippen molar-refractivity contribution in [2.75, 3.05) is 14.2 Å². The van der Waals surface area contributed by atoms with Crippen molar-refractivity contribution in [2.24, 2.45) is 0 Å². The Morgan fingerprint density at radius 3 is 2.52 bits per heavy atom. The standard InChI is InChI=1S/C22H19N3O3S/c1-14-23-18(13-29-14)16-5-4-6-17(12-16)22-24-21(28-25-22)10-8-15-7-9-19(26-2)20(11-15)27-3/h4-13H,1-3H3/b10-8+. The second-order valence-electron chi connectivity index (χ2n) is 6.24. The number of hydrogen-bond donors (Lipinski definition) is 0. The highest BCUT2D eigenvalue weighted by Gasteiger charge is 2.10. The Bertz CT molecular complexity index is 1160. The van der Waals surface area contributed by atoms with Crippen molar-refractivity contribution in [2.45, 2.75) is 6.92 Å². The average molecular weight is 405 g/mol. The molecule has 2 heterocycles. The van der Waals surface area contributed by atoms with Crippen LogP contribution < -0.4 is 9.47 Å². The summed E-state index contributed by atoms with van der Waals surface area (Å²) >= 11 is 1.63. The molecule has 29 heavy (non-hydrogen) atoms. The molecule has 0 aliphatic carbocycles. The van der Waals surface area contributed by atoms with Crippen LogP contribution in [0, 0.1) is 6.92 Å². The summed E-state index contributed by atoms with van der Waals surface area (Å²) in [6.45, 7) is 1.99. The molecule has 0 amide bonds. The van der Waals surface area contributed by atoms with Crippen molar-refractivity contribution < 1.29 is 14.0 Å². The predicted molar refractivity (Wildman–Crippen MR) is 114 cm³/mol. The molecular formula is C22H19N3O3S. The zero-order valence-corrected chi connectivity index (χ0v) is 17.1. The van der Waals surface area contributed by atoms with Crippen LogP contribution in [0.2, 0.25) is 0 Å². The topological polar surface area (TPSA) is 70.3 Å². The van der Waals surface area contributed by atoms with Gasteiger partial charge in [-0.1, -0.05) is 29.4 Å². The molecule has 0 aliphatic rings. The van der Waals surface area contributed by atoms with Crippen molar-refractivity contribution in [1.82, 2.24) is 15.1 Å². The number of benzene rings is 2. The van der Waals surface area contributed by atoms with Gasteiger partial charge in [-0.05, 0) is 36.8 Å². The largest absolute Gasteiger partial charge is 0.493 e. The number of rotatable bonds is 6. The van der Waals surface area contributed by atoms with Gasteiger partial charge in [0.1, 0.15) is 0 Å². The van der Waals surface area contributed by atoms with E-state index < -0.39 is 0 Å². The van der Waals surface area contributed by atoms with Crippen LogP contribution in [-0.4, -0.2) is 29.3 Å². The van der Waals surface area contributed by atoms with E-state index >= 15 is 0 Å². The molecule has 0 atom stereocenters. The molecule has 7 heteroatoms. The monoisotopic (exact) mass is 405 g/mol.